The summed E-state index contributed by atoms with van der Waals surface area (Å²) in [6, 6.07) is 22.2. The van der Waals surface area contributed by atoms with Gasteiger partial charge in [0.25, 0.3) is 0 Å². The molecule has 2 heterocycles. The van der Waals surface area contributed by atoms with E-state index in [-0.39, 0.29) is 18.5 Å². The third-order valence-corrected chi connectivity index (χ3v) is 6.82. The fraction of sp³-hybridized carbons (Fsp3) is 0.250. The number of thiophene rings is 1. The molecule has 0 radical (unpaired) electrons. The van der Waals surface area contributed by atoms with Crippen LogP contribution in [-0.4, -0.2) is 40.9 Å². The summed E-state index contributed by atoms with van der Waals surface area (Å²) in [5.74, 6) is -0.931. The van der Waals surface area contributed by atoms with Gasteiger partial charge in [-0.15, -0.1) is 11.3 Å². The highest BCUT2D eigenvalue weighted by molar-refractivity contribution is 7.10. The van der Waals surface area contributed by atoms with Gasteiger partial charge in [-0.05, 0) is 42.0 Å². The van der Waals surface area contributed by atoms with E-state index in [9.17, 15) is 9.90 Å². The van der Waals surface area contributed by atoms with Crippen LogP contribution >= 0.6 is 11.3 Å². The lowest BCUT2D eigenvalue weighted by Crippen LogP contribution is -2.51. The largest absolute Gasteiger partial charge is 0.481 e. The number of hydrogen-bond acceptors (Lipinski definition) is 7. The minimum absolute atomic E-state index is 0.104. The predicted octanol–water partition coefficient (Wildman–Crippen LogP) is 5.20. The zero-order valence-corrected chi connectivity index (χ0v) is 21.2. The van der Waals surface area contributed by atoms with E-state index in [1.165, 1.54) is 12.7 Å². The maximum Gasteiger partial charge on any atom is 0.348 e. The number of ether oxygens (including phenoxy) is 3. The maximum atomic E-state index is 12.9. The fourth-order valence-corrected chi connectivity index (χ4v) is 4.96. The Morgan fingerprint density at radius 2 is 1.64 bits per heavy atom. The van der Waals surface area contributed by atoms with Crippen LogP contribution in [0.5, 0.6) is 11.9 Å². The zero-order valence-electron chi connectivity index (χ0n) is 20.4. The molecule has 2 aromatic carbocycles. The lowest BCUT2D eigenvalue weighted by molar-refractivity contribution is -0.164. The van der Waals surface area contributed by atoms with Gasteiger partial charge in [-0.2, -0.15) is 4.98 Å². The summed E-state index contributed by atoms with van der Waals surface area (Å²) in [7, 11) is 1.48. The van der Waals surface area contributed by atoms with Crippen LogP contribution in [-0.2, 0) is 21.6 Å². The van der Waals surface area contributed by atoms with E-state index in [0.29, 0.717) is 23.2 Å². The first-order valence-corrected chi connectivity index (χ1v) is 12.4. The molecule has 2 aromatic heterocycles. The lowest BCUT2D eigenvalue weighted by atomic mass is 9.81. The van der Waals surface area contributed by atoms with Gasteiger partial charge in [0.1, 0.15) is 0 Å². The molecule has 1 unspecified atom stereocenters. The number of aryl methyl sites for hydroxylation is 2. The van der Waals surface area contributed by atoms with Crippen LogP contribution in [0.15, 0.2) is 78.2 Å². The summed E-state index contributed by atoms with van der Waals surface area (Å²) >= 11 is 1.65. The predicted molar refractivity (Wildman–Crippen MR) is 138 cm³/mol. The van der Waals surface area contributed by atoms with Crippen LogP contribution in [0, 0.1) is 13.8 Å². The number of aromatic nitrogens is 2. The highest BCUT2D eigenvalue weighted by Gasteiger charge is 2.50. The van der Waals surface area contributed by atoms with Gasteiger partial charge in [-0.25, -0.2) is 9.78 Å². The number of benzene rings is 2. The Kier molecular flexibility index (Phi) is 7.97. The molecular weight excluding hydrogens is 476 g/mol. The molecule has 0 aliphatic carbocycles. The van der Waals surface area contributed by atoms with Crippen molar-refractivity contribution in [2.75, 3.05) is 13.7 Å². The van der Waals surface area contributed by atoms with Crippen molar-refractivity contribution in [1.82, 2.24) is 9.97 Å². The molecule has 36 heavy (non-hydrogen) atoms. The molecular formula is C28H28N2O5S. The smallest absolute Gasteiger partial charge is 0.348 e. The Labute approximate surface area is 214 Å². The Hall–Kier alpha value is -3.75. The normalized spacial score (nSPS) is 12.2. The third-order valence-electron chi connectivity index (χ3n) is 5.70. The van der Waals surface area contributed by atoms with Crippen molar-refractivity contribution in [3.05, 3.63) is 105 Å². The molecule has 8 heteroatoms. The molecule has 1 N–H and O–H groups in total. The lowest BCUT2D eigenvalue weighted by Gasteiger charge is -2.39. The molecule has 0 amide bonds. The molecule has 0 aliphatic heterocycles. The first-order valence-electron chi connectivity index (χ1n) is 11.5. The van der Waals surface area contributed by atoms with Crippen molar-refractivity contribution in [1.29, 1.82) is 0 Å². The van der Waals surface area contributed by atoms with E-state index in [2.05, 4.69) is 21.4 Å². The number of hydrogen-bond donors (Lipinski definition) is 1. The van der Waals surface area contributed by atoms with Crippen LogP contribution in [0.1, 0.15) is 27.3 Å². The summed E-state index contributed by atoms with van der Waals surface area (Å²) in [6.07, 6.45) is -0.875. The molecule has 4 rings (SSSR count). The molecule has 0 aliphatic rings. The SMILES string of the molecule is COc1cc(C)nc(OC(C(=O)O)C(OCCc2cc(C)cs2)(c2ccccc2)c2ccccc2)n1. The number of nitrogens with zero attached hydrogens (tertiary/aromatic N) is 2. The van der Waals surface area contributed by atoms with Crippen LogP contribution in [0.2, 0.25) is 0 Å². The van der Waals surface area contributed by atoms with Crippen molar-refractivity contribution in [3.63, 3.8) is 0 Å². The van der Waals surface area contributed by atoms with E-state index in [1.807, 2.05) is 67.6 Å². The number of carboxylic acid groups (broad SMARTS) is 1. The number of carbonyl (C=O) groups is 1. The van der Waals surface area contributed by atoms with Gasteiger partial charge in [0, 0.05) is 23.1 Å². The van der Waals surface area contributed by atoms with Crippen LogP contribution in [0.3, 0.4) is 0 Å². The second-order valence-electron chi connectivity index (χ2n) is 8.33. The molecule has 0 fully saturated rings. The van der Waals surface area contributed by atoms with Crippen molar-refractivity contribution in [2.24, 2.45) is 0 Å². The van der Waals surface area contributed by atoms with Gasteiger partial charge in [-0.3, -0.25) is 0 Å². The van der Waals surface area contributed by atoms with Crippen molar-refractivity contribution in [3.8, 4) is 11.9 Å². The molecule has 0 bridgehead atoms. The first-order chi connectivity index (χ1) is 17.4. The topological polar surface area (TPSA) is 90.8 Å². The highest BCUT2D eigenvalue weighted by Crippen LogP contribution is 2.39. The minimum atomic E-state index is -1.50. The summed E-state index contributed by atoms with van der Waals surface area (Å²) in [6.45, 7) is 4.08. The van der Waals surface area contributed by atoms with Gasteiger partial charge < -0.3 is 19.3 Å². The van der Waals surface area contributed by atoms with Crippen LogP contribution < -0.4 is 9.47 Å². The van der Waals surface area contributed by atoms with Crippen molar-refractivity contribution in [2.45, 2.75) is 32.0 Å². The van der Waals surface area contributed by atoms with Gasteiger partial charge in [0.15, 0.2) is 5.60 Å². The number of methoxy groups -OCH3 is 1. The Morgan fingerprint density at radius 1 is 1.00 bits per heavy atom. The number of rotatable bonds is 11. The molecule has 0 saturated heterocycles. The van der Waals surface area contributed by atoms with E-state index >= 15 is 0 Å². The summed E-state index contributed by atoms with van der Waals surface area (Å²) in [4.78, 5) is 22.6. The van der Waals surface area contributed by atoms with Gasteiger partial charge >= 0.3 is 12.0 Å². The second-order valence-corrected chi connectivity index (χ2v) is 9.32. The van der Waals surface area contributed by atoms with Crippen LogP contribution in [0.25, 0.3) is 0 Å². The van der Waals surface area contributed by atoms with Gasteiger partial charge in [0.2, 0.25) is 12.0 Å². The minimum Gasteiger partial charge on any atom is -0.481 e. The Bertz CT molecular complexity index is 1250. The molecule has 7 nitrogen and oxygen atoms in total. The second kappa shape index (κ2) is 11.3. The highest BCUT2D eigenvalue weighted by atomic mass is 32.1. The average molecular weight is 505 g/mol. The van der Waals surface area contributed by atoms with E-state index in [0.717, 1.165) is 4.88 Å². The third kappa shape index (κ3) is 5.56. The van der Waals surface area contributed by atoms with E-state index < -0.39 is 17.7 Å². The van der Waals surface area contributed by atoms with Crippen LogP contribution in [0.4, 0.5) is 0 Å². The first kappa shape index (κ1) is 25.3. The molecule has 0 spiro atoms. The van der Waals surface area contributed by atoms with Crippen molar-refractivity contribution < 1.29 is 24.1 Å². The van der Waals surface area contributed by atoms with Gasteiger partial charge in [-0.1, -0.05) is 60.7 Å². The maximum absolute atomic E-state index is 12.9. The zero-order chi connectivity index (χ0) is 25.5. The van der Waals surface area contributed by atoms with E-state index in [1.54, 1.807) is 24.3 Å². The summed E-state index contributed by atoms with van der Waals surface area (Å²) in [5.41, 5.74) is 1.57. The monoisotopic (exact) mass is 504 g/mol. The van der Waals surface area contributed by atoms with E-state index in [4.69, 9.17) is 14.2 Å². The van der Waals surface area contributed by atoms with Crippen molar-refractivity contribution >= 4 is 17.3 Å². The average Bonchev–Trinajstić information content (AvgIpc) is 3.31. The molecule has 1 atom stereocenters. The Balaban J connectivity index is 1.83. The number of aliphatic carboxylic acids is 1. The quantitative estimate of drug-likeness (QED) is 0.300. The summed E-state index contributed by atoms with van der Waals surface area (Å²) < 4.78 is 17.9. The summed E-state index contributed by atoms with van der Waals surface area (Å²) in [5, 5.41) is 12.6. The standard InChI is InChI=1S/C28H28N2O5S/c1-19-16-23(36-18-19)14-15-34-28(21-10-6-4-7-11-21,22-12-8-5-9-13-22)25(26(31)32)35-27-29-20(2)17-24(30-27)33-3/h4-13,16-18,25H,14-15H2,1-3H3,(H,31,32). The molecule has 186 valence electrons. The van der Waals surface area contributed by atoms with Gasteiger partial charge in [0.05, 0.1) is 13.7 Å². The molecule has 4 aromatic rings. The number of carboxylic acids is 1. The Morgan fingerprint density at radius 3 is 2.17 bits per heavy atom. The molecule has 0 saturated carbocycles. The fourth-order valence-electron chi connectivity index (χ4n) is 4.10.